The SMILES string of the molecule is O=C(CSc1nncs1)N[C@@H](c1ccccc1)c1nccs1. The monoisotopic (exact) mass is 348 g/mol. The molecule has 0 unspecified atom stereocenters. The minimum atomic E-state index is -0.219. The van der Waals surface area contributed by atoms with Gasteiger partial charge in [-0.15, -0.1) is 21.5 Å². The molecule has 5 nitrogen and oxygen atoms in total. The van der Waals surface area contributed by atoms with Crippen molar-refractivity contribution in [1.29, 1.82) is 0 Å². The largest absolute Gasteiger partial charge is 0.342 e. The van der Waals surface area contributed by atoms with Gasteiger partial charge in [0.1, 0.15) is 16.6 Å². The fourth-order valence-electron chi connectivity index (χ4n) is 1.87. The first kappa shape index (κ1) is 15.1. The Balaban J connectivity index is 1.69. The molecule has 0 spiro atoms. The zero-order chi connectivity index (χ0) is 15.2. The molecule has 1 atom stereocenters. The van der Waals surface area contributed by atoms with Crippen LogP contribution in [-0.2, 0) is 4.79 Å². The average molecular weight is 348 g/mol. The molecule has 0 aliphatic carbocycles. The standard InChI is InChI=1S/C14H12N4OS3/c19-11(8-21-14-18-16-9-22-14)17-12(13-15-6-7-20-13)10-4-2-1-3-5-10/h1-7,9,12H,8H2,(H,17,19)/t12-/m0/s1. The molecule has 3 aromatic rings. The minimum Gasteiger partial charge on any atom is -0.342 e. The van der Waals surface area contributed by atoms with E-state index in [9.17, 15) is 4.79 Å². The van der Waals surface area contributed by atoms with E-state index in [-0.39, 0.29) is 11.9 Å². The van der Waals surface area contributed by atoms with Crippen molar-refractivity contribution < 1.29 is 4.79 Å². The third-order valence-electron chi connectivity index (χ3n) is 2.80. The third kappa shape index (κ3) is 3.90. The Bertz CT molecular complexity index is 701. The maximum atomic E-state index is 12.2. The molecule has 2 heterocycles. The maximum Gasteiger partial charge on any atom is 0.231 e. The summed E-state index contributed by atoms with van der Waals surface area (Å²) < 4.78 is 0.792. The Morgan fingerprint density at radius 2 is 2.14 bits per heavy atom. The number of rotatable bonds is 6. The number of nitrogens with zero attached hydrogens (tertiary/aromatic N) is 3. The molecule has 0 saturated heterocycles. The summed E-state index contributed by atoms with van der Waals surface area (Å²) in [6.07, 6.45) is 1.75. The highest BCUT2D eigenvalue weighted by Crippen LogP contribution is 2.24. The molecule has 0 saturated carbocycles. The van der Waals surface area contributed by atoms with Gasteiger partial charge in [-0.05, 0) is 5.56 Å². The number of carbonyl (C=O) groups is 1. The number of thiazole rings is 1. The molecule has 22 heavy (non-hydrogen) atoms. The van der Waals surface area contributed by atoms with Gasteiger partial charge in [0.25, 0.3) is 0 Å². The predicted octanol–water partition coefficient (Wildman–Crippen LogP) is 2.99. The van der Waals surface area contributed by atoms with Gasteiger partial charge in [-0.2, -0.15) is 0 Å². The van der Waals surface area contributed by atoms with Crippen molar-refractivity contribution in [3.8, 4) is 0 Å². The molecule has 2 aromatic heterocycles. The summed E-state index contributed by atoms with van der Waals surface area (Å²) in [5, 5.41) is 13.5. The number of hydrogen-bond acceptors (Lipinski definition) is 7. The number of aromatic nitrogens is 3. The van der Waals surface area contributed by atoms with E-state index < -0.39 is 0 Å². The molecule has 112 valence electrons. The van der Waals surface area contributed by atoms with Gasteiger partial charge in [-0.1, -0.05) is 53.4 Å². The van der Waals surface area contributed by atoms with Crippen LogP contribution in [0.5, 0.6) is 0 Å². The van der Waals surface area contributed by atoms with E-state index in [1.807, 2.05) is 35.7 Å². The number of hydrogen-bond donors (Lipinski definition) is 1. The fraction of sp³-hybridized carbons (Fsp3) is 0.143. The Morgan fingerprint density at radius 1 is 1.27 bits per heavy atom. The van der Waals surface area contributed by atoms with Crippen molar-refractivity contribution in [2.24, 2.45) is 0 Å². The molecule has 0 fully saturated rings. The zero-order valence-corrected chi connectivity index (χ0v) is 13.8. The Hall–Kier alpha value is -1.77. The lowest BCUT2D eigenvalue weighted by Gasteiger charge is -2.16. The van der Waals surface area contributed by atoms with E-state index in [0.29, 0.717) is 5.75 Å². The molecule has 1 N–H and O–H groups in total. The van der Waals surface area contributed by atoms with Gasteiger partial charge >= 0.3 is 0 Å². The van der Waals surface area contributed by atoms with Crippen LogP contribution in [0.25, 0.3) is 0 Å². The quantitative estimate of drug-likeness (QED) is 0.694. The number of thioether (sulfide) groups is 1. The number of amides is 1. The van der Waals surface area contributed by atoms with Crippen LogP contribution >= 0.6 is 34.4 Å². The summed E-state index contributed by atoms with van der Waals surface area (Å²) >= 11 is 4.34. The molecular weight excluding hydrogens is 336 g/mol. The number of carbonyl (C=O) groups excluding carboxylic acids is 1. The van der Waals surface area contributed by atoms with E-state index in [1.165, 1.54) is 34.4 Å². The van der Waals surface area contributed by atoms with Crippen LogP contribution in [0, 0.1) is 0 Å². The van der Waals surface area contributed by atoms with E-state index >= 15 is 0 Å². The van der Waals surface area contributed by atoms with Crippen LogP contribution in [0.15, 0.2) is 51.8 Å². The average Bonchev–Trinajstić information content (AvgIpc) is 3.25. The highest BCUT2D eigenvalue weighted by atomic mass is 32.2. The topological polar surface area (TPSA) is 67.8 Å². The maximum absolute atomic E-state index is 12.2. The normalized spacial score (nSPS) is 12.0. The van der Waals surface area contributed by atoms with Crippen molar-refractivity contribution in [1.82, 2.24) is 20.5 Å². The van der Waals surface area contributed by atoms with Crippen LogP contribution in [0.4, 0.5) is 0 Å². The van der Waals surface area contributed by atoms with Gasteiger partial charge in [0.05, 0.1) is 5.75 Å². The molecule has 8 heteroatoms. The lowest BCUT2D eigenvalue weighted by molar-refractivity contribution is -0.119. The predicted molar refractivity (Wildman–Crippen MR) is 89.2 cm³/mol. The van der Waals surface area contributed by atoms with Crippen LogP contribution in [-0.4, -0.2) is 26.8 Å². The zero-order valence-electron chi connectivity index (χ0n) is 11.4. The fourth-order valence-corrected chi connectivity index (χ4v) is 3.88. The molecule has 0 radical (unpaired) electrons. The molecule has 1 aromatic carbocycles. The van der Waals surface area contributed by atoms with E-state index in [0.717, 1.165) is 14.9 Å². The second-order valence-electron chi connectivity index (χ2n) is 4.27. The summed E-state index contributed by atoms with van der Waals surface area (Å²) in [6.45, 7) is 0. The van der Waals surface area contributed by atoms with Crippen molar-refractivity contribution >= 4 is 40.3 Å². The Kier molecular flexibility index (Phi) is 5.15. The summed E-state index contributed by atoms with van der Waals surface area (Å²) in [5.74, 6) is 0.258. The van der Waals surface area contributed by atoms with E-state index in [2.05, 4.69) is 20.5 Å². The first-order chi connectivity index (χ1) is 10.8. The molecule has 3 rings (SSSR count). The van der Waals surface area contributed by atoms with Crippen molar-refractivity contribution in [2.45, 2.75) is 10.4 Å². The summed E-state index contributed by atoms with van der Waals surface area (Å²) in [7, 11) is 0. The van der Waals surface area contributed by atoms with Crippen LogP contribution in [0.1, 0.15) is 16.6 Å². The number of nitrogens with one attached hydrogen (secondary N) is 1. The van der Waals surface area contributed by atoms with Crippen LogP contribution in [0.3, 0.4) is 0 Å². The number of benzene rings is 1. The highest BCUT2D eigenvalue weighted by molar-refractivity contribution is 8.01. The van der Waals surface area contributed by atoms with Crippen molar-refractivity contribution in [2.75, 3.05) is 5.75 Å². The van der Waals surface area contributed by atoms with Gasteiger partial charge in [0, 0.05) is 11.6 Å². The summed E-state index contributed by atoms with van der Waals surface area (Å²) in [4.78, 5) is 16.6. The molecular formula is C14H12N4OS3. The van der Waals surface area contributed by atoms with Gasteiger partial charge in [-0.3, -0.25) is 4.79 Å². The van der Waals surface area contributed by atoms with Crippen LogP contribution < -0.4 is 5.32 Å². The first-order valence-electron chi connectivity index (χ1n) is 6.45. The van der Waals surface area contributed by atoms with Crippen molar-refractivity contribution in [3.05, 3.63) is 58.0 Å². The second kappa shape index (κ2) is 7.48. The summed E-state index contributed by atoms with van der Waals surface area (Å²) in [6, 6.07) is 9.63. The Labute approximate surface area is 139 Å². The first-order valence-corrected chi connectivity index (χ1v) is 9.20. The molecule has 0 aliphatic rings. The minimum absolute atomic E-state index is 0.0516. The molecule has 0 aliphatic heterocycles. The smallest absolute Gasteiger partial charge is 0.231 e. The van der Waals surface area contributed by atoms with E-state index in [4.69, 9.17) is 0 Å². The summed E-state index contributed by atoms with van der Waals surface area (Å²) in [5.41, 5.74) is 2.68. The van der Waals surface area contributed by atoms with Gasteiger partial charge in [0.2, 0.25) is 5.91 Å². The molecule has 1 amide bonds. The van der Waals surface area contributed by atoms with E-state index in [1.54, 1.807) is 11.7 Å². The second-order valence-corrected chi connectivity index (χ2v) is 7.26. The lowest BCUT2D eigenvalue weighted by Crippen LogP contribution is -2.30. The Morgan fingerprint density at radius 3 is 2.82 bits per heavy atom. The van der Waals surface area contributed by atoms with Gasteiger partial charge < -0.3 is 5.32 Å². The molecule has 0 bridgehead atoms. The van der Waals surface area contributed by atoms with Crippen molar-refractivity contribution in [3.63, 3.8) is 0 Å². The third-order valence-corrected chi connectivity index (χ3v) is 5.50. The van der Waals surface area contributed by atoms with Gasteiger partial charge in [0.15, 0.2) is 4.34 Å². The lowest BCUT2D eigenvalue weighted by atomic mass is 10.1. The van der Waals surface area contributed by atoms with Crippen LogP contribution in [0.2, 0.25) is 0 Å². The van der Waals surface area contributed by atoms with Gasteiger partial charge in [-0.25, -0.2) is 4.98 Å². The highest BCUT2D eigenvalue weighted by Gasteiger charge is 2.19.